The highest BCUT2D eigenvalue weighted by molar-refractivity contribution is 5.61. The van der Waals surface area contributed by atoms with Gasteiger partial charge in [0.2, 0.25) is 0 Å². The molecule has 0 fully saturated rings. The Bertz CT molecular complexity index is 770. The number of imidazole rings is 1. The second-order valence-corrected chi connectivity index (χ2v) is 5.46. The molecule has 2 heterocycles. The number of hydrogen-bond acceptors (Lipinski definition) is 2. The number of hydrogen-bond donors (Lipinski definition) is 0. The minimum Gasteiger partial charge on any atom is -0.323 e. The van der Waals surface area contributed by atoms with E-state index in [4.69, 9.17) is 0 Å². The maximum Gasteiger partial charge on any atom is 0.123 e. The minimum atomic E-state index is -0.215. The van der Waals surface area contributed by atoms with E-state index in [-0.39, 0.29) is 11.9 Å². The van der Waals surface area contributed by atoms with Gasteiger partial charge in [0.25, 0.3) is 0 Å². The molecule has 0 aliphatic heterocycles. The molecule has 0 saturated carbocycles. The summed E-state index contributed by atoms with van der Waals surface area (Å²) in [5.74, 6) is -0.215. The fourth-order valence-corrected chi connectivity index (χ4v) is 2.89. The summed E-state index contributed by atoms with van der Waals surface area (Å²) in [5.41, 5.74) is 4.14. The Kier molecular flexibility index (Phi) is 3.79. The first kappa shape index (κ1) is 14.5. The second kappa shape index (κ2) is 5.75. The molecule has 0 N–H and O–H groups in total. The molecule has 1 atom stereocenters. The highest BCUT2D eigenvalue weighted by atomic mass is 19.1. The van der Waals surface area contributed by atoms with Crippen LogP contribution in [0.5, 0.6) is 0 Å². The highest BCUT2D eigenvalue weighted by Crippen LogP contribution is 2.30. The van der Waals surface area contributed by atoms with E-state index in [1.807, 2.05) is 44.8 Å². The van der Waals surface area contributed by atoms with Gasteiger partial charge in [-0.15, -0.1) is 0 Å². The molecule has 0 aliphatic rings. The summed E-state index contributed by atoms with van der Waals surface area (Å²) >= 11 is 0. The SMILES string of the molecule is CC[C@@H](c1ccc(F)cc1)n1cncc1-c1cn(C)nc1C. The molecule has 4 nitrogen and oxygen atoms in total. The first-order valence-corrected chi connectivity index (χ1v) is 7.38. The van der Waals surface area contributed by atoms with E-state index in [0.29, 0.717) is 0 Å². The average molecular weight is 298 g/mol. The zero-order valence-electron chi connectivity index (χ0n) is 13.0. The maximum absolute atomic E-state index is 13.2. The summed E-state index contributed by atoms with van der Waals surface area (Å²) in [6.45, 7) is 4.11. The number of nitrogens with zero attached hydrogens (tertiary/aromatic N) is 4. The second-order valence-electron chi connectivity index (χ2n) is 5.46. The van der Waals surface area contributed by atoms with Crippen LogP contribution in [0.1, 0.15) is 30.6 Å². The largest absolute Gasteiger partial charge is 0.323 e. The van der Waals surface area contributed by atoms with Crippen molar-refractivity contribution in [3.8, 4) is 11.3 Å². The fourth-order valence-electron chi connectivity index (χ4n) is 2.89. The lowest BCUT2D eigenvalue weighted by molar-refractivity contribution is 0.567. The van der Waals surface area contributed by atoms with Crippen LogP contribution < -0.4 is 0 Å². The van der Waals surface area contributed by atoms with Gasteiger partial charge in [-0.05, 0) is 31.0 Å². The minimum absolute atomic E-state index is 0.123. The van der Waals surface area contributed by atoms with Crippen molar-refractivity contribution in [2.45, 2.75) is 26.3 Å². The smallest absolute Gasteiger partial charge is 0.123 e. The Balaban J connectivity index is 2.06. The molecule has 114 valence electrons. The van der Waals surface area contributed by atoms with E-state index in [1.54, 1.807) is 4.68 Å². The van der Waals surface area contributed by atoms with Crippen LogP contribution in [0.4, 0.5) is 4.39 Å². The van der Waals surface area contributed by atoms with Crippen molar-refractivity contribution < 1.29 is 4.39 Å². The van der Waals surface area contributed by atoms with Gasteiger partial charge in [-0.3, -0.25) is 4.68 Å². The molecule has 5 heteroatoms. The van der Waals surface area contributed by atoms with Gasteiger partial charge in [0.05, 0.1) is 30.0 Å². The number of benzene rings is 1. The topological polar surface area (TPSA) is 35.6 Å². The van der Waals surface area contributed by atoms with E-state index < -0.39 is 0 Å². The van der Waals surface area contributed by atoms with Gasteiger partial charge < -0.3 is 4.57 Å². The Morgan fingerprint density at radius 2 is 1.95 bits per heavy atom. The van der Waals surface area contributed by atoms with Crippen molar-refractivity contribution >= 4 is 0 Å². The molecular weight excluding hydrogens is 279 g/mol. The summed E-state index contributed by atoms with van der Waals surface area (Å²) in [5, 5.41) is 4.40. The van der Waals surface area contributed by atoms with Crippen LogP contribution in [0.25, 0.3) is 11.3 Å². The molecule has 1 aromatic carbocycles. The normalized spacial score (nSPS) is 12.5. The number of rotatable bonds is 4. The van der Waals surface area contributed by atoms with Gasteiger partial charge in [-0.2, -0.15) is 5.10 Å². The van der Waals surface area contributed by atoms with Gasteiger partial charge in [0, 0.05) is 18.8 Å². The third-order valence-corrected chi connectivity index (χ3v) is 3.93. The number of aryl methyl sites for hydroxylation is 2. The fraction of sp³-hybridized carbons (Fsp3) is 0.294. The van der Waals surface area contributed by atoms with Gasteiger partial charge >= 0.3 is 0 Å². The molecule has 3 rings (SSSR count). The van der Waals surface area contributed by atoms with Crippen molar-refractivity contribution in [1.82, 2.24) is 19.3 Å². The van der Waals surface area contributed by atoms with Gasteiger partial charge in [-0.25, -0.2) is 9.37 Å². The third-order valence-electron chi connectivity index (χ3n) is 3.93. The van der Waals surface area contributed by atoms with Crippen molar-refractivity contribution in [3.63, 3.8) is 0 Å². The van der Waals surface area contributed by atoms with Crippen molar-refractivity contribution in [3.05, 3.63) is 60.1 Å². The number of halogens is 1. The molecule has 22 heavy (non-hydrogen) atoms. The van der Waals surface area contributed by atoms with E-state index in [9.17, 15) is 4.39 Å². The predicted octanol–water partition coefficient (Wildman–Crippen LogP) is 3.73. The lowest BCUT2D eigenvalue weighted by Gasteiger charge is -2.20. The van der Waals surface area contributed by atoms with Crippen LogP contribution >= 0.6 is 0 Å². The Morgan fingerprint density at radius 3 is 2.55 bits per heavy atom. The van der Waals surface area contributed by atoms with Crippen LogP contribution in [0.15, 0.2) is 43.0 Å². The molecule has 0 radical (unpaired) electrons. The van der Waals surface area contributed by atoms with Crippen LogP contribution in [0, 0.1) is 12.7 Å². The van der Waals surface area contributed by atoms with Gasteiger partial charge in [0.1, 0.15) is 5.82 Å². The van der Waals surface area contributed by atoms with Crippen LogP contribution in [0.2, 0.25) is 0 Å². The summed E-state index contributed by atoms with van der Waals surface area (Å²) in [7, 11) is 1.91. The van der Waals surface area contributed by atoms with Gasteiger partial charge in [0.15, 0.2) is 0 Å². The van der Waals surface area contributed by atoms with E-state index in [2.05, 4.69) is 21.6 Å². The number of aromatic nitrogens is 4. The monoisotopic (exact) mass is 298 g/mol. The quantitative estimate of drug-likeness (QED) is 0.735. The lowest BCUT2D eigenvalue weighted by atomic mass is 10.0. The molecule has 0 aliphatic carbocycles. The molecule has 0 spiro atoms. The summed E-state index contributed by atoms with van der Waals surface area (Å²) < 4.78 is 17.1. The van der Waals surface area contributed by atoms with Crippen LogP contribution in [-0.2, 0) is 7.05 Å². The zero-order valence-corrected chi connectivity index (χ0v) is 13.0. The first-order chi connectivity index (χ1) is 10.6. The summed E-state index contributed by atoms with van der Waals surface area (Å²) in [6, 6.07) is 6.80. The standard InChI is InChI=1S/C17H19FN4/c1-4-16(13-5-7-14(18)8-6-13)22-11-19-9-17(22)15-10-21(3)20-12(15)2/h5-11,16H,4H2,1-3H3/t16-/m0/s1. The molecule has 0 saturated heterocycles. The molecule has 3 aromatic rings. The summed E-state index contributed by atoms with van der Waals surface area (Å²) in [4.78, 5) is 4.31. The zero-order chi connectivity index (χ0) is 15.7. The molecule has 0 bridgehead atoms. The van der Waals surface area contributed by atoms with Crippen LogP contribution in [-0.4, -0.2) is 19.3 Å². The van der Waals surface area contributed by atoms with E-state index in [1.165, 1.54) is 12.1 Å². The maximum atomic E-state index is 13.2. The lowest BCUT2D eigenvalue weighted by Crippen LogP contribution is -2.10. The van der Waals surface area contributed by atoms with Crippen molar-refractivity contribution in [1.29, 1.82) is 0 Å². The Labute approximate surface area is 129 Å². The molecular formula is C17H19FN4. The molecule has 2 aromatic heterocycles. The summed E-state index contributed by atoms with van der Waals surface area (Å²) in [6.07, 6.45) is 6.59. The predicted molar refractivity (Wildman–Crippen MR) is 84.0 cm³/mol. The molecule has 0 amide bonds. The van der Waals surface area contributed by atoms with Crippen molar-refractivity contribution in [2.24, 2.45) is 7.05 Å². The van der Waals surface area contributed by atoms with Crippen LogP contribution in [0.3, 0.4) is 0 Å². The first-order valence-electron chi connectivity index (χ1n) is 7.38. The Hall–Kier alpha value is -2.43. The van der Waals surface area contributed by atoms with E-state index in [0.717, 1.165) is 28.9 Å². The van der Waals surface area contributed by atoms with E-state index >= 15 is 0 Å². The average Bonchev–Trinajstić information content (AvgIpc) is 3.08. The molecule has 0 unspecified atom stereocenters. The van der Waals surface area contributed by atoms with Crippen molar-refractivity contribution in [2.75, 3.05) is 0 Å². The third kappa shape index (κ3) is 2.54. The van der Waals surface area contributed by atoms with Gasteiger partial charge in [-0.1, -0.05) is 19.1 Å². The Morgan fingerprint density at radius 1 is 1.23 bits per heavy atom. The highest BCUT2D eigenvalue weighted by Gasteiger charge is 2.18.